The largest absolute Gasteiger partial charge is 0.461 e. The summed E-state index contributed by atoms with van der Waals surface area (Å²) in [6.07, 6.45) is 7.97. The number of esters is 1. The Morgan fingerprint density at radius 3 is 2.44 bits per heavy atom. The van der Waals surface area contributed by atoms with Crippen LogP contribution in [-0.2, 0) is 21.1 Å². The Hall–Kier alpha value is -1.30. The minimum atomic E-state index is -3.35. The van der Waals surface area contributed by atoms with Gasteiger partial charge in [0.15, 0.2) is 9.84 Å². The van der Waals surface area contributed by atoms with Crippen LogP contribution in [0.1, 0.15) is 68.1 Å². The molecule has 0 unspecified atom stereocenters. The molecule has 0 radical (unpaired) electrons. The molecule has 0 bridgehead atoms. The van der Waals surface area contributed by atoms with Crippen molar-refractivity contribution in [3.63, 3.8) is 0 Å². The fourth-order valence-corrected chi connectivity index (χ4v) is 5.84. The summed E-state index contributed by atoms with van der Waals surface area (Å²) < 4.78 is 32.6. The Labute approximate surface area is 150 Å². The Bertz CT molecular complexity index is 725. The number of sulfone groups is 1. The molecular weight excluding hydrogens is 338 g/mol. The van der Waals surface area contributed by atoms with Gasteiger partial charge in [-0.15, -0.1) is 0 Å². The highest BCUT2D eigenvalue weighted by molar-refractivity contribution is 7.91. The first-order valence-electron chi connectivity index (χ1n) is 9.52. The van der Waals surface area contributed by atoms with E-state index in [1.54, 1.807) is 13.0 Å². The molecule has 2 saturated carbocycles. The normalized spacial score (nSPS) is 19.1. The molecule has 0 atom stereocenters. The average molecular weight is 368 g/mol. The van der Waals surface area contributed by atoms with Gasteiger partial charge in [-0.05, 0) is 57.4 Å². The smallest absolute Gasteiger partial charge is 0.354 e. The molecule has 140 valence electrons. The predicted octanol–water partition coefficient (Wildman–Crippen LogP) is 3.74. The van der Waals surface area contributed by atoms with Crippen molar-refractivity contribution in [2.24, 2.45) is 11.8 Å². The molecule has 5 nitrogen and oxygen atoms in total. The van der Waals surface area contributed by atoms with Gasteiger partial charge in [0, 0.05) is 12.2 Å². The quantitative estimate of drug-likeness (QED) is 0.689. The zero-order valence-electron chi connectivity index (χ0n) is 15.3. The Morgan fingerprint density at radius 1 is 1.16 bits per heavy atom. The highest BCUT2D eigenvalue weighted by Crippen LogP contribution is 2.34. The lowest BCUT2D eigenvalue weighted by Crippen LogP contribution is -2.20. The van der Waals surface area contributed by atoms with Gasteiger partial charge in [-0.2, -0.15) is 0 Å². The molecule has 25 heavy (non-hydrogen) atoms. The lowest BCUT2D eigenvalue weighted by molar-refractivity contribution is 0.0511. The lowest BCUT2D eigenvalue weighted by Gasteiger charge is -2.24. The first-order valence-corrected chi connectivity index (χ1v) is 11.2. The minimum absolute atomic E-state index is 0.198. The van der Waals surface area contributed by atoms with E-state index in [9.17, 15) is 13.2 Å². The molecule has 0 aliphatic heterocycles. The van der Waals surface area contributed by atoms with Crippen LogP contribution in [0.4, 0.5) is 0 Å². The Balaban J connectivity index is 1.93. The van der Waals surface area contributed by atoms with E-state index in [4.69, 9.17) is 4.74 Å². The second-order valence-corrected chi connectivity index (χ2v) is 9.54. The molecule has 0 spiro atoms. The number of carbonyl (C=O) groups is 1. The molecule has 0 amide bonds. The third-order valence-corrected chi connectivity index (χ3v) is 7.45. The number of hydrogen-bond donors (Lipinski definition) is 0. The van der Waals surface area contributed by atoms with Crippen LogP contribution in [0.2, 0.25) is 0 Å². The van der Waals surface area contributed by atoms with Crippen molar-refractivity contribution in [3.8, 4) is 0 Å². The van der Waals surface area contributed by atoms with Crippen LogP contribution in [0.25, 0.3) is 0 Å². The molecule has 1 aromatic rings. The Morgan fingerprint density at radius 2 is 1.84 bits per heavy atom. The fraction of sp³-hybridized carbons (Fsp3) is 0.737. The first kappa shape index (κ1) is 18.5. The number of aromatic nitrogens is 1. The summed E-state index contributed by atoms with van der Waals surface area (Å²) in [4.78, 5) is 12.7. The summed E-state index contributed by atoms with van der Waals surface area (Å²) in [6, 6.07) is 1.55. The van der Waals surface area contributed by atoms with Gasteiger partial charge in [-0.1, -0.05) is 19.3 Å². The lowest BCUT2D eigenvalue weighted by atomic mass is 9.89. The van der Waals surface area contributed by atoms with Gasteiger partial charge in [0.1, 0.15) is 5.69 Å². The highest BCUT2D eigenvalue weighted by atomic mass is 32.2. The van der Waals surface area contributed by atoms with Gasteiger partial charge in [0.05, 0.1) is 17.3 Å². The van der Waals surface area contributed by atoms with Crippen molar-refractivity contribution in [2.45, 2.75) is 70.2 Å². The van der Waals surface area contributed by atoms with E-state index in [-0.39, 0.29) is 18.3 Å². The third-order valence-electron chi connectivity index (χ3n) is 5.46. The molecule has 2 aliphatic carbocycles. The summed E-state index contributed by atoms with van der Waals surface area (Å²) in [5, 5.41) is 0. The second-order valence-electron chi connectivity index (χ2n) is 7.54. The number of carbonyl (C=O) groups excluding carboxylic acids is 1. The summed E-state index contributed by atoms with van der Waals surface area (Å²) in [6.45, 7) is 4.59. The van der Waals surface area contributed by atoms with E-state index in [1.807, 2.05) is 11.5 Å². The molecule has 3 rings (SSSR count). The SMILES string of the molecule is CCOC(=O)c1cc(S(=O)(=O)CC2CC2)c(C)n1CC1CCCCC1. The average Bonchev–Trinajstić information content (AvgIpc) is 3.31. The second kappa shape index (κ2) is 7.52. The third kappa shape index (κ3) is 4.27. The van der Waals surface area contributed by atoms with Crippen LogP contribution in [0, 0.1) is 18.8 Å². The molecule has 0 aromatic carbocycles. The monoisotopic (exact) mass is 367 g/mol. The van der Waals surface area contributed by atoms with Crippen molar-refractivity contribution in [1.29, 1.82) is 0 Å². The minimum Gasteiger partial charge on any atom is -0.461 e. The van der Waals surface area contributed by atoms with Gasteiger partial charge >= 0.3 is 5.97 Å². The zero-order valence-corrected chi connectivity index (χ0v) is 16.1. The Kier molecular flexibility index (Phi) is 5.56. The van der Waals surface area contributed by atoms with E-state index in [1.165, 1.54) is 19.3 Å². The molecule has 2 aliphatic rings. The van der Waals surface area contributed by atoms with Gasteiger partial charge in [-0.25, -0.2) is 13.2 Å². The van der Waals surface area contributed by atoms with E-state index in [0.29, 0.717) is 28.7 Å². The molecule has 1 aromatic heterocycles. The molecule has 6 heteroatoms. The molecule has 0 N–H and O–H groups in total. The maximum atomic E-state index is 12.8. The van der Waals surface area contributed by atoms with Crippen molar-refractivity contribution in [1.82, 2.24) is 4.57 Å². The maximum Gasteiger partial charge on any atom is 0.354 e. The van der Waals surface area contributed by atoms with Crippen LogP contribution in [0.15, 0.2) is 11.0 Å². The van der Waals surface area contributed by atoms with Crippen LogP contribution < -0.4 is 0 Å². The molecule has 1 heterocycles. The van der Waals surface area contributed by atoms with Gasteiger partial charge in [0.25, 0.3) is 0 Å². The van der Waals surface area contributed by atoms with E-state index in [0.717, 1.165) is 25.7 Å². The van der Waals surface area contributed by atoms with E-state index in [2.05, 4.69) is 0 Å². The fourth-order valence-electron chi connectivity index (χ4n) is 3.86. The van der Waals surface area contributed by atoms with E-state index >= 15 is 0 Å². The van der Waals surface area contributed by atoms with Crippen molar-refractivity contribution in [2.75, 3.05) is 12.4 Å². The maximum absolute atomic E-state index is 12.8. The molecule has 0 saturated heterocycles. The topological polar surface area (TPSA) is 65.4 Å². The molecule has 2 fully saturated rings. The summed E-state index contributed by atoms with van der Waals surface area (Å²) >= 11 is 0. The standard InChI is InChI=1S/C19H29NO4S/c1-3-24-19(21)17-11-18(25(22,23)13-16-9-10-16)14(2)20(17)12-15-7-5-4-6-8-15/h11,15-16H,3-10,12-13H2,1-2H3. The van der Waals surface area contributed by atoms with Gasteiger partial charge in [-0.3, -0.25) is 0 Å². The first-order chi connectivity index (χ1) is 11.9. The van der Waals surface area contributed by atoms with Crippen molar-refractivity contribution >= 4 is 15.8 Å². The summed E-state index contributed by atoms with van der Waals surface area (Å²) in [5.41, 5.74) is 1.08. The summed E-state index contributed by atoms with van der Waals surface area (Å²) in [7, 11) is -3.35. The van der Waals surface area contributed by atoms with Crippen molar-refractivity contribution < 1.29 is 17.9 Å². The number of rotatable bonds is 7. The summed E-state index contributed by atoms with van der Waals surface area (Å²) in [5.74, 6) is 0.572. The predicted molar refractivity (Wildman–Crippen MR) is 96.5 cm³/mol. The van der Waals surface area contributed by atoms with Crippen LogP contribution >= 0.6 is 0 Å². The van der Waals surface area contributed by atoms with Crippen molar-refractivity contribution in [3.05, 3.63) is 17.5 Å². The number of nitrogens with zero attached hydrogens (tertiary/aromatic N) is 1. The van der Waals surface area contributed by atoms with E-state index < -0.39 is 15.8 Å². The zero-order chi connectivity index (χ0) is 18.0. The molecular formula is C19H29NO4S. The van der Waals surface area contributed by atoms with Gasteiger partial charge in [0.2, 0.25) is 0 Å². The number of hydrogen-bond acceptors (Lipinski definition) is 4. The van der Waals surface area contributed by atoms with Crippen LogP contribution in [0.3, 0.4) is 0 Å². The number of ether oxygens (including phenoxy) is 1. The van der Waals surface area contributed by atoms with Gasteiger partial charge < -0.3 is 9.30 Å². The van der Waals surface area contributed by atoms with Crippen LogP contribution in [0.5, 0.6) is 0 Å². The highest BCUT2D eigenvalue weighted by Gasteiger charge is 2.33. The van der Waals surface area contributed by atoms with Crippen LogP contribution in [-0.4, -0.2) is 31.3 Å².